The molecule has 0 heterocycles. The van der Waals surface area contributed by atoms with E-state index in [1.807, 2.05) is 18.0 Å². The minimum absolute atomic E-state index is 0.0152. The van der Waals surface area contributed by atoms with Gasteiger partial charge in [0.25, 0.3) is 0 Å². The number of hydrogen-bond donors (Lipinski definition) is 0. The highest BCUT2D eigenvalue weighted by atomic mass is 19.1. The molecule has 3 nitrogen and oxygen atoms in total. The third-order valence-corrected chi connectivity index (χ3v) is 2.09. The van der Waals surface area contributed by atoms with Crippen LogP contribution in [0, 0.1) is 5.82 Å². The Kier molecular flexibility index (Phi) is 5.08. The molecule has 1 aromatic carbocycles. The van der Waals surface area contributed by atoms with E-state index in [-0.39, 0.29) is 18.2 Å². The number of likely N-dealkylation sites (N-methyl/N-ethyl adjacent to an activating group) is 1. The minimum Gasteiger partial charge on any atom is -0.377 e. The zero-order valence-corrected chi connectivity index (χ0v) is 9.57. The molecule has 0 saturated carbocycles. The van der Waals surface area contributed by atoms with Crippen LogP contribution in [0.25, 0.3) is 0 Å². The summed E-state index contributed by atoms with van der Waals surface area (Å²) in [5.41, 5.74) is 0.854. The fourth-order valence-corrected chi connectivity index (χ4v) is 1.51. The van der Waals surface area contributed by atoms with Gasteiger partial charge in [0.05, 0.1) is 6.54 Å². The maximum absolute atomic E-state index is 12.9. The van der Waals surface area contributed by atoms with E-state index in [2.05, 4.69) is 0 Å². The summed E-state index contributed by atoms with van der Waals surface area (Å²) < 4.78 is 17.6. The van der Waals surface area contributed by atoms with Crippen molar-refractivity contribution < 1.29 is 13.9 Å². The van der Waals surface area contributed by atoms with Crippen LogP contribution < -0.4 is 0 Å². The fourth-order valence-electron chi connectivity index (χ4n) is 1.51. The van der Waals surface area contributed by atoms with Gasteiger partial charge in [0, 0.05) is 13.7 Å². The summed E-state index contributed by atoms with van der Waals surface area (Å²) in [5.74, 6) is -0.240. The molecule has 0 N–H and O–H groups in total. The molecule has 16 heavy (non-hydrogen) atoms. The van der Waals surface area contributed by atoms with Crippen molar-refractivity contribution in [1.29, 1.82) is 0 Å². The molecule has 0 aliphatic heterocycles. The molecule has 0 aromatic heterocycles. The second kappa shape index (κ2) is 6.35. The Morgan fingerprint density at radius 2 is 2.25 bits per heavy atom. The van der Waals surface area contributed by atoms with Crippen molar-refractivity contribution in [2.75, 3.05) is 27.3 Å². The lowest BCUT2D eigenvalue weighted by Gasteiger charge is -2.15. The zero-order chi connectivity index (χ0) is 12.0. The van der Waals surface area contributed by atoms with E-state index in [9.17, 15) is 9.18 Å². The lowest BCUT2D eigenvalue weighted by Crippen LogP contribution is -2.27. The molecule has 1 aromatic rings. The van der Waals surface area contributed by atoms with Crippen molar-refractivity contribution in [3.63, 3.8) is 0 Å². The van der Waals surface area contributed by atoms with Crippen LogP contribution in [0.1, 0.15) is 5.56 Å². The second-order valence-electron chi connectivity index (χ2n) is 3.77. The number of nitrogens with zero attached hydrogens (tertiary/aromatic N) is 1. The molecule has 88 valence electrons. The highest BCUT2D eigenvalue weighted by Gasteiger charge is 2.07. The quantitative estimate of drug-likeness (QED) is 0.734. The molecule has 0 bridgehead atoms. The highest BCUT2D eigenvalue weighted by molar-refractivity contribution is 5.81. The second-order valence-corrected chi connectivity index (χ2v) is 3.77. The molecular weight excluding hydrogens is 209 g/mol. The number of Topliss-reactive ketones (excluding diaryl/α,β-unsaturated/α-hetero) is 1. The van der Waals surface area contributed by atoms with E-state index in [1.165, 1.54) is 19.2 Å². The van der Waals surface area contributed by atoms with Crippen molar-refractivity contribution in [1.82, 2.24) is 4.90 Å². The molecular formula is C12H16FNO2. The molecule has 0 amide bonds. The predicted molar refractivity (Wildman–Crippen MR) is 59.6 cm³/mol. The molecule has 0 radical (unpaired) electrons. The maximum Gasteiger partial charge on any atom is 0.172 e. The van der Waals surface area contributed by atoms with E-state index in [0.29, 0.717) is 13.1 Å². The summed E-state index contributed by atoms with van der Waals surface area (Å²) >= 11 is 0. The molecule has 0 fully saturated rings. The van der Waals surface area contributed by atoms with Gasteiger partial charge in [-0.25, -0.2) is 4.39 Å². The van der Waals surface area contributed by atoms with Crippen molar-refractivity contribution in [2.45, 2.75) is 6.54 Å². The average molecular weight is 225 g/mol. The normalized spacial score (nSPS) is 10.8. The molecule has 0 atom stereocenters. The first-order valence-corrected chi connectivity index (χ1v) is 5.05. The first-order chi connectivity index (χ1) is 7.61. The number of halogens is 1. The Balaban J connectivity index is 2.45. The van der Waals surface area contributed by atoms with Gasteiger partial charge in [-0.2, -0.15) is 0 Å². The van der Waals surface area contributed by atoms with Gasteiger partial charge in [-0.3, -0.25) is 9.69 Å². The van der Waals surface area contributed by atoms with E-state index in [1.54, 1.807) is 6.07 Å². The van der Waals surface area contributed by atoms with Gasteiger partial charge < -0.3 is 4.74 Å². The Morgan fingerprint density at radius 3 is 2.88 bits per heavy atom. The van der Waals surface area contributed by atoms with E-state index >= 15 is 0 Å². The first kappa shape index (κ1) is 12.8. The third kappa shape index (κ3) is 4.51. The van der Waals surface area contributed by atoms with Gasteiger partial charge in [0.1, 0.15) is 12.4 Å². The van der Waals surface area contributed by atoms with Crippen LogP contribution in [0.4, 0.5) is 4.39 Å². The Labute approximate surface area is 94.8 Å². The highest BCUT2D eigenvalue weighted by Crippen LogP contribution is 2.05. The molecule has 0 aliphatic rings. The molecule has 4 heteroatoms. The topological polar surface area (TPSA) is 29.5 Å². The minimum atomic E-state index is -0.255. The summed E-state index contributed by atoms with van der Waals surface area (Å²) in [6.45, 7) is 0.977. The van der Waals surface area contributed by atoms with E-state index in [0.717, 1.165) is 5.56 Å². The summed E-state index contributed by atoms with van der Waals surface area (Å²) in [6, 6.07) is 6.37. The molecule has 0 spiro atoms. The number of carbonyl (C=O) groups excluding carboxylic acids is 1. The monoisotopic (exact) mass is 225 g/mol. The van der Waals surface area contributed by atoms with Gasteiger partial charge in [0.15, 0.2) is 5.78 Å². The van der Waals surface area contributed by atoms with Crippen LogP contribution in [-0.4, -0.2) is 38.0 Å². The van der Waals surface area contributed by atoms with Crippen molar-refractivity contribution in [3.8, 4) is 0 Å². The molecule has 0 unspecified atom stereocenters. The van der Waals surface area contributed by atoms with Crippen molar-refractivity contribution >= 4 is 5.78 Å². The summed E-state index contributed by atoms with van der Waals surface area (Å²) in [6.07, 6.45) is 0. The first-order valence-electron chi connectivity index (χ1n) is 5.05. The smallest absolute Gasteiger partial charge is 0.172 e. The van der Waals surface area contributed by atoms with Crippen LogP contribution in [0.5, 0.6) is 0 Å². The van der Waals surface area contributed by atoms with Crippen LogP contribution >= 0.6 is 0 Å². The number of rotatable bonds is 6. The predicted octanol–water partition coefficient (Wildman–Crippen LogP) is 1.47. The third-order valence-electron chi connectivity index (χ3n) is 2.09. The summed E-state index contributed by atoms with van der Waals surface area (Å²) in [5, 5.41) is 0. The number of benzene rings is 1. The molecule has 0 aliphatic carbocycles. The standard InChI is InChI=1S/C12H16FNO2/c1-14(8-12(15)9-16-2)7-10-4-3-5-11(13)6-10/h3-6H,7-9H2,1-2H3. The van der Waals surface area contributed by atoms with E-state index < -0.39 is 0 Å². The molecule has 1 rings (SSSR count). The van der Waals surface area contributed by atoms with Crippen LogP contribution in [0.2, 0.25) is 0 Å². The number of hydrogen-bond acceptors (Lipinski definition) is 3. The lowest BCUT2D eigenvalue weighted by molar-refractivity contribution is -0.123. The average Bonchev–Trinajstić information content (AvgIpc) is 2.17. The van der Waals surface area contributed by atoms with E-state index in [4.69, 9.17) is 4.74 Å². The van der Waals surface area contributed by atoms with Crippen molar-refractivity contribution in [3.05, 3.63) is 35.6 Å². The Morgan fingerprint density at radius 1 is 1.50 bits per heavy atom. The van der Waals surface area contributed by atoms with Crippen LogP contribution in [0.15, 0.2) is 24.3 Å². The summed E-state index contributed by atoms with van der Waals surface area (Å²) in [7, 11) is 3.31. The number of ketones is 1. The van der Waals surface area contributed by atoms with Gasteiger partial charge in [-0.1, -0.05) is 12.1 Å². The Bertz CT molecular complexity index is 355. The van der Waals surface area contributed by atoms with Crippen LogP contribution in [-0.2, 0) is 16.1 Å². The van der Waals surface area contributed by atoms with Crippen molar-refractivity contribution in [2.24, 2.45) is 0 Å². The van der Waals surface area contributed by atoms with Gasteiger partial charge in [-0.15, -0.1) is 0 Å². The maximum atomic E-state index is 12.9. The SMILES string of the molecule is COCC(=O)CN(C)Cc1cccc(F)c1. The molecule has 0 saturated heterocycles. The van der Waals surface area contributed by atoms with Gasteiger partial charge >= 0.3 is 0 Å². The fraction of sp³-hybridized carbons (Fsp3) is 0.417. The van der Waals surface area contributed by atoms with Gasteiger partial charge in [-0.05, 0) is 24.7 Å². The number of ether oxygens (including phenoxy) is 1. The summed E-state index contributed by atoms with van der Waals surface area (Å²) in [4.78, 5) is 13.1. The Hall–Kier alpha value is -1.26. The number of methoxy groups -OCH3 is 1. The largest absolute Gasteiger partial charge is 0.377 e. The zero-order valence-electron chi connectivity index (χ0n) is 9.57. The number of carbonyl (C=O) groups is 1. The van der Waals surface area contributed by atoms with Gasteiger partial charge in [0.2, 0.25) is 0 Å². The lowest BCUT2D eigenvalue weighted by atomic mass is 10.2. The van der Waals surface area contributed by atoms with Crippen LogP contribution in [0.3, 0.4) is 0 Å².